The highest BCUT2D eigenvalue weighted by molar-refractivity contribution is 7.80. The van der Waals surface area contributed by atoms with Crippen molar-refractivity contribution in [3.8, 4) is 0 Å². The molecule has 3 rings (SSSR count). The molecule has 0 aliphatic heterocycles. The van der Waals surface area contributed by atoms with Gasteiger partial charge >= 0.3 is 0 Å². The summed E-state index contributed by atoms with van der Waals surface area (Å²) in [4.78, 5) is 6.62. The van der Waals surface area contributed by atoms with Crippen molar-refractivity contribution >= 4 is 23.0 Å². The number of pyridine rings is 1. The topological polar surface area (TPSA) is 28.2 Å². The van der Waals surface area contributed by atoms with Crippen LogP contribution in [0, 0.1) is 0 Å². The fourth-order valence-corrected chi connectivity index (χ4v) is 3.24. The van der Waals surface area contributed by atoms with Gasteiger partial charge in [-0.1, -0.05) is 68.4 Å². The minimum absolute atomic E-state index is 0.426. The molecule has 0 fully saturated rings. The van der Waals surface area contributed by atoms with Crippen LogP contribution < -0.4 is 5.32 Å². The van der Waals surface area contributed by atoms with Crippen molar-refractivity contribution in [2.24, 2.45) is 0 Å². The van der Waals surface area contributed by atoms with Gasteiger partial charge < -0.3 is 10.2 Å². The van der Waals surface area contributed by atoms with Crippen molar-refractivity contribution in [1.29, 1.82) is 0 Å². The number of benzene rings is 2. The predicted molar refractivity (Wildman–Crippen MR) is 117 cm³/mol. The highest BCUT2D eigenvalue weighted by atomic mass is 32.1. The third-order valence-electron chi connectivity index (χ3n) is 4.41. The van der Waals surface area contributed by atoms with Crippen molar-refractivity contribution in [1.82, 2.24) is 9.88 Å². The second-order valence-electron chi connectivity index (χ2n) is 6.83. The van der Waals surface area contributed by atoms with Crippen molar-refractivity contribution in [2.45, 2.75) is 32.9 Å². The van der Waals surface area contributed by atoms with Gasteiger partial charge in [-0.25, -0.2) is 0 Å². The first-order valence-corrected chi connectivity index (χ1v) is 9.63. The molecule has 0 spiro atoms. The maximum Gasteiger partial charge on any atom is 0.174 e. The Morgan fingerprint density at radius 2 is 1.63 bits per heavy atom. The van der Waals surface area contributed by atoms with E-state index < -0.39 is 0 Å². The summed E-state index contributed by atoms with van der Waals surface area (Å²) in [7, 11) is 0. The Morgan fingerprint density at radius 1 is 0.926 bits per heavy atom. The van der Waals surface area contributed by atoms with E-state index in [-0.39, 0.29) is 0 Å². The van der Waals surface area contributed by atoms with E-state index >= 15 is 0 Å². The molecule has 0 amide bonds. The second kappa shape index (κ2) is 9.28. The molecule has 0 bridgehead atoms. The van der Waals surface area contributed by atoms with Crippen molar-refractivity contribution in [2.75, 3.05) is 5.32 Å². The number of hydrogen-bond donors (Lipinski definition) is 1. The lowest BCUT2D eigenvalue weighted by Crippen LogP contribution is -2.34. The zero-order valence-electron chi connectivity index (χ0n) is 15.8. The summed E-state index contributed by atoms with van der Waals surface area (Å²) in [5, 5.41) is 4.17. The molecule has 27 heavy (non-hydrogen) atoms. The summed E-state index contributed by atoms with van der Waals surface area (Å²) in [5.74, 6) is 0.426. The largest absolute Gasteiger partial charge is 0.339 e. The maximum atomic E-state index is 5.79. The molecule has 2 aromatic carbocycles. The molecule has 0 saturated carbocycles. The SMILES string of the molecule is CC(C)c1ccccc1NC(=S)N(Cc1ccccc1)Cc1ccccn1. The third kappa shape index (κ3) is 5.38. The highest BCUT2D eigenvalue weighted by Crippen LogP contribution is 2.24. The monoisotopic (exact) mass is 375 g/mol. The summed E-state index contributed by atoms with van der Waals surface area (Å²) in [6.07, 6.45) is 1.82. The second-order valence-corrected chi connectivity index (χ2v) is 7.22. The molecule has 0 aliphatic rings. The molecule has 0 radical (unpaired) electrons. The number of thiocarbonyl (C=S) groups is 1. The van der Waals surface area contributed by atoms with Gasteiger partial charge in [-0.15, -0.1) is 0 Å². The minimum atomic E-state index is 0.426. The number of para-hydroxylation sites is 1. The lowest BCUT2D eigenvalue weighted by molar-refractivity contribution is 0.407. The number of hydrogen-bond acceptors (Lipinski definition) is 2. The molecular formula is C23H25N3S. The van der Waals surface area contributed by atoms with Gasteiger partial charge in [0.25, 0.3) is 0 Å². The Bertz CT molecular complexity index is 822. The fraction of sp³-hybridized carbons (Fsp3) is 0.217. The summed E-state index contributed by atoms with van der Waals surface area (Å²) in [6, 6.07) is 24.7. The first-order chi connectivity index (χ1) is 13.1. The Morgan fingerprint density at radius 3 is 2.33 bits per heavy atom. The standard InChI is InChI=1S/C23H25N3S/c1-18(2)21-13-6-7-14-22(21)25-23(27)26(16-19-10-4-3-5-11-19)17-20-12-8-9-15-24-20/h3-15,18H,16-17H2,1-2H3,(H,25,27). The van der Waals surface area contributed by atoms with E-state index in [4.69, 9.17) is 12.2 Å². The van der Waals surface area contributed by atoms with Gasteiger partial charge in [0.2, 0.25) is 0 Å². The van der Waals surface area contributed by atoms with Crippen molar-refractivity contribution < 1.29 is 0 Å². The molecule has 1 aromatic heterocycles. The Hall–Kier alpha value is -2.72. The molecule has 1 heterocycles. The quantitative estimate of drug-likeness (QED) is 0.567. The zero-order valence-corrected chi connectivity index (χ0v) is 16.6. The van der Waals surface area contributed by atoms with E-state index in [2.05, 4.69) is 71.5 Å². The van der Waals surface area contributed by atoms with Gasteiger partial charge in [-0.2, -0.15) is 0 Å². The van der Waals surface area contributed by atoms with Crippen LogP contribution in [0.25, 0.3) is 0 Å². The van der Waals surface area contributed by atoms with Crippen LogP contribution in [0.2, 0.25) is 0 Å². The van der Waals surface area contributed by atoms with Gasteiger partial charge in [-0.05, 0) is 47.5 Å². The molecule has 138 valence electrons. The third-order valence-corrected chi connectivity index (χ3v) is 4.77. The zero-order chi connectivity index (χ0) is 19.1. The number of rotatable bonds is 6. The van der Waals surface area contributed by atoms with Crippen LogP contribution in [-0.2, 0) is 13.1 Å². The lowest BCUT2D eigenvalue weighted by atomic mass is 10.0. The summed E-state index contributed by atoms with van der Waals surface area (Å²) >= 11 is 5.79. The van der Waals surface area contributed by atoms with Gasteiger partial charge in [0.1, 0.15) is 0 Å². The number of anilines is 1. The first kappa shape index (κ1) is 19.1. The Balaban J connectivity index is 1.82. The first-order valence-electron chi connectivity index (χ1n) is 9.22. The smallest absolute Gasteiger partial charge is 0.174 e. The molecule has 1 N–H and O–H groups in total. The molecule has 3 nitrogen and oxygen atoms in total. The van der Waals surface area contributed by atoms with Crippen LogP contribution in [0.5, 0.6) is 0 Å². The van der Waals surface area contributed by atoms with E-state index in [0.29, 0.717) is 17.6 Å². The van der Waals surface area contributed by atoms with Crippen molar-refractivity contribution in [3.63, 3.8) is 0 Å². The maximum absolute atomic E-state index is 5.79. The van der Waals surface area contributed by atoms with Gasteiger partial charge in [-0.3, -0.25) is 4.98 Å². The average Bonchev–Trinajstić information content (AvgIpc) is 2.69. The van der Waals surface area contributed by atoms with Gasteiger partial charge in [0.05, 0.1) is 12.2 Å². The van der Waals surface area contributed by atoms with Crippen LogP contribution in [0.1, 0.15) is 36.6 Å². The van der Waals surface area contributed by atoms with Gasteiger partial charge in [0.15, 0.2) is 5.11 Å². The molecule has 0 aliphatic carbocycles. The predicted octanol–water partition coefficient (Wildman–Crippen LogP) is 5.60. The lowest BCUT2D eigenvalue weighted by Gasteiger charge is -2.27. The molecular weight excluding hydrogens is 350 g/mol. The molecule has 0 saturated heterocycles. The van der Waals surface area contributed by atoms with E-state index in [9.17, 15) is 0 Å². The Labute approximate surface area is 167 Å². The van der Waals surface area contributed by atoms with E-state index in [0.717, 1.165) is 17.9 Å². The van der Waals surface area contributed by atoms with Gasteiger partial charge in [0, 0.05) is 18.4 Å². The van der Waals surface area contributed by atoms with Crippen LogP contribution in [0.15, 0.2) is 79.0 Å². The summed E-state index contributed by atoms with van der Waals surface area (Å²) < 4.78 is 0. The summed E-state index contributed by atoms with van der Waals surface area (Å²) in [5.41, 5.74) is 4.54. The van der Waals surface area contributed by atoms with E-state index in [1.165, 1.54) is 11.1 Å². The number of nitrogens with one attached hydrogen (secondary N) is 1. The van der Waals surface area contributed by atoms with E-state index in [1.54, 1.807) is 0 Å². The minimum Gasteiger partial charge on any atom is -0.339 e. The van der Waals surface area contributed by atoms with E-state index in [1.807, 2.05) is 36.5 Å². The Kier molecular flexibility index (Phi) is 6.55. The van der Waals surface area contributed by atoms with Crippen LogP contribution in [0.4, 0.5) is 5.69 Å². The van der Waals surface area contributed by atoms with Crippen LogP contribution in [-0.4, -0.2) is 15.0 Å². The molecule has 0 atom stereocenters. The molecule has 3 aromatic rings. The number of nitrogens with zero attached hydrogens (tertiary/aromatic N) is 2. The average molecular weight is 376 g/mol. The highest BCUT2D eigenvalue weighted by Gasteiger charge is 2.14. The number of aromatic nitrogens is 1. The summed E-state index contributed by atoms with van der Waals surface area (Å²) in [6.45, 7) is 5.77. The van der Waals surface area contributed by atoms with Crippen LogP contribution >= 0.6 is 12.2 Å². The molecule has 0 unspecified atom stereocenters. The van der Waals surface area contributed by atoms with Crippen LogP contribution in [0.3, 0.4) is 0 Å². The van der Waals surface area contributed by atoms with Crippen molar-refractivity contribution in [3.05, 3.63) is 95.8 Å². The fourth-order valence-electron chi connectivity index (χ4n) is 3.00. The molecule has 4 heteroatoms. The normalized spacial score (nSPS) is 10.6.